The Balaban J connectivity index is 1.93. The minimum atomic E-state index is -0.256. The van der Waals surface area contributed by atoms with Crippen LogP contribution in [0.4, 0.5) is 10.1 Å². The molecule has 1 aromatic carbocycles. The second kappa shape index (κ2) is 6.12. The van der Waals surface area contributed by atoms with Gasteiger partial charge < -0.3 is 15.4 Å². The second-order valence-electron chi connectivity index (χ2n) is 5.74. The highest BCUT2D eigenvalue weighted by molar-refractivity contribution is 5.93. The fourth-order valence-electron chi connectivity index (χ4n) is 3.23. The van der Waals surface area contributed by atoms with Gasteiger partial charge in [0, 0.05) is 36.2 Å². The number of aryl methyl sites for hydroxylation is 1. The summed E-state index contributed by atoms with van der Waals surface area (Å²) in [7, 11) is 0. The van der Waals surface area contributed by atoms with E-state index in [0.717, 1.165) is 25.1 Å². The molecule has 1 amide bonds. The van der Waals surface area contributed by atoms with Crippen molar-refractivity contribution in [3.05, 3.63) is 29.1 Å². The number of halogens is 1. The van der Waals surface area contributed by atoms with Crippen LogP contribution >= 0.6 is 0 Å². The Labute approximate surface area is 124 Å². The zero-order chi connectivity index (χ0) is 14.8. The highest BCUT2D eigenvalue weighted by Crippen LogP contribution is 2.34. The van der Waals surface area contributed by atoms with Gasteiger partial charge in [-0.2, -0.15) is 0 Å². The van der Waals surface area contributed by atoms with E-state index in [-0.39, 0.29) is 17.8 Å². The van der Waals surface area contributed by atoms with E-state index in [1.54, 1.807) is 0 Å². The molecule has 0 spiro atoms. The van der Waals surface area contributed by atoms with Crippen LogP contribution in [0.3, 0.4) is 0 Å². The number of benzene rings is 1. The van der Waals surface area contributed by atoms with E-state index in [4.69, 9.17) is 4.74 Å². The molecular formula is C16H21FN2O2. The third kappa shape index (κ3) is 2.94. The molecule has 0 saturated carbocycles. The fourth-order valence-corrected chi connectivity index (χ4v) is 3.23. The lowest BCUT2D eigenvalue weighted by Gasteiger charge is -2.26. The number of anilines is 1. The normalized spacial score (nSPS) is 22.8. The first-order chi connectivity index (χ1) is 10.2. The Morgan fingerprint density at radius 2 is 2.33 bits per heavy atom. The summed E-state index contributed by atoms with van der Waals surface area (Å²) in [5.74, 6) is 0.00607. The average molecular weight is 292 g/mol. The van der Waals surface area contributed by atoms with Crippen molar-refractivity contribution in [1.82, 2.24) is 5.32 Å². The van der Waals surface area contributed by atoms with Crippen LogP contribution in [0.15, 0.2) is 12.1 Å². The Morgan fingerprint density at radius 1 is 1.48 bits per heavy atom. The summed E-state index contributed by atoms with van der Waals surface area (Å²) in [6, 6.07) is 3.35. The lowest BCUT2D eigenvalue weighted by molar-refractivity contribution is -0.116. The molecule has 0 bridgehead atoms. The van der Waals surface area contributed by atoms with Gasteiger partial charge in [-0.1, -0.05) is 6.92 Å². The minimum absolute atomic E-state index is 0.0274. The largest absolute Gasteiger partial charge is 0.381 e. The Morgan fingerprint density at radius 3 is 3.05 bits per heavy atom. The number of fused-ring (bicyclic) bond motifs is 1. The summed E-state index contributed by atoms with van der Waals surface area (Å²) in [5.41, 5.74) is 2.33. The zero-order valence-corrected chi connectivity index (χ0v) is 12.2. The summed E-state index contributed by atoms with van der Waals surface area (Å²) < 4.78 is 20.0. The number of carbonyl (C=O) groups is 1. The molecule has 0 radical (unpaired) electrons. The Hall–Kier alpha value is -1.46. The Kier molecular flexibility index (Phi) is 4.22. The molecule has 2 atom stereocenters. The van der Waals surface area contributed by atoms with Gasteiger partial charge in [0.05, 0.1) is 6.61 Å². The van der Waals surface area contributed by atoms with E-state index in [2.05, 4.69) is 10.6 Å². The van der Waals surface area contributed by atoms with Crippen LogP contribution in [0.5, 0.6) is 0 Å². The van der Waals surface area contributed by atoms with Crippen LogP contribution in [0.2, 0.25) is 0 Å². The molecule has 5 heteroatoms. The highest BCUT2D eigenvalue weighted by atomic mass is 19.1. The van der Waals surface area contributed by atoms with Crippen molar-refractivity contribution in [2.75, 3.05) is 25.1 Å². The van der Waals surface area contributed by atoms with Crippen molar-refractivity contribution >= 4 is 11.6 Å². The zero-order valence-electron chi connectivity index (χ0n) is 12.2. The van der Waals surface area contributed by atoms with Crippen molar-refractivity contribution in [1.29, 1.82) is 0 Å². The van der Waals surface area contributed by atoms with Gasteiger partial charge in [-0.3, -0.25) is 4.79 Å². The molecule has 21 heavy (non-hydrogen) atoms. The van der Waals surface area contributed by atoms with Crippen LogP contribution in [-0.2, 0) is 16.0 Å². The van der Waals surface area contributed by atoms with E-state index in [0.29, 0.717) is 36.6 Å². The van der Waals surface area contributed by atoms with E-state index in [1.807, 2.05) is 13.0 Å². The third-order valence-corrected chi connectivity index (χ3v) is 4.31. The van der Waals surface area contributed by atoms with E-state index in [1.165, 1.54) is 6.07 Å². The lowest BCUT2D eigenvalue weighted by atomic mass is 9.89. The van der Waals surface area contributed by atoms with Gasteiger partial charge in [-0.25, -0.2) is 4.39 Å². The molecule has 0 aromatic heterocycles. The van der Waals surface area contributed by atoms with Crippen molar-refractivity contribution in [3.63, 3.8) is 0 Å². The summed E-state index contributed by atoms with van der Waals surface area (Å²) in [6.45, 7) is 4.23. The summed E-state index contributed by atoms with van der Waals surface area (Å²) >= 11 is 0. The average Bonchev–Trinajstić information content (AvgIpc) is 2.98. The van der Waals surface area contributed by atoms with Crippen LogP contribution in [0.25, 0.3) is 0 Å². The van der Waals surface area contributed by atoms with Crippen LogP contribution in [-0.4, -0.2) is 25.7 Å². The second-order valence-corrected chi connectivity index (χ2v) is 5.74. The van der Waals surface area contributed by atoms with E-state index < -0.39 is 0 Å². The van der Waals surface area contributed by atoms with Crippen molar-refractivity contribution < 1.29 is 13.9 Å². The molecule has 1 saturated heterocycles. The van der Waals surface area contributed by atoms with Gasteiger partial charge in [0.15, 0.2) is 0 Å². The molecule has 2 aliphatic heterocycles. The van der Waals surface area contributed by atoms with Crippen LogP contribution < -0.4 is 10.6 Å². The topological polar surface area (TPSA) is 50.4 Å². The first-order valence-corrected chi connectivity index (χ1v) is 7.62. The van der Waals surface area contributed by atoms with Gasteiger partial charge >= 0.3 is 0 Å². The Bertz CT molecular complexity index is 541. The fraction of sp³-hybridized carbons (Fsp3) is 0.562. The molecule has 3 rings (SSSR count). The number of hydrogen-bond donors (Lipinski definition) is 2. The monoisotopic (exact) mass is 292 g/mol. The molecule has 2 aliphatic rings. The quantitative estimate of drug-likeness (QED) is 0.896. The molecule has 2 heterocycles. The number of carbonyl (C=O) groups excluding carboxylic acids is 1. The molecular weight excluding hydrogens is 271 g/mol. The van der Waals surface area contributed by atoms with Crippen LogP contribution in [0.1, 0.15) is 36.9 Å². The maximum absolute atomic E-state index is 14.5. The SMILES string of the molecule is CCNC(c1cc2c(cc1F)NC(=O)CC2)C1CCOC1. The highest BCUT2D eigenvalue weighted by Gasteiger charge is 2.29. The van der Waals surface area contributed by atoms with E-state index >= 15 is 0 Å². The maximum Gasteiger partial charge on any atom is 0.224 e. The third-order valence-electron chi connectivity index (χ3n) is 4.31. The van der Waals surface area contributed by atoms with Crippen molar-refractivity contribution in [2.45, 2.75) is 32.2 Å². The first-order valence-electron chi connectivity index (χ1n) is 7.62. The molecule has 1 aromatic rings. The van der Waals surface area contributed by atoms with Gasteiger partial charge in [-0.05, 0) is 37.1 Å². The molecule has 0 aliphatic carbocycles. The molecule has 2 N–H and O–H groups in total. The number of hydrogen-bond acceptors (Lipinski definition) is 3. The predicted octanol–water partition coefficient (Wildman–Crippen LogP) is 2.40. The number of nitrogens with one attached hydrogen (secondary N) is 2. The first kappa shape index (κ1) is 14.5. The molecule has 1 fully saturated rings. The van der Waals surface area contributed by atoms with Crippen LogP contribution in [0, 0.1) is 11.7 Å². The standard InChI is InChI=1S/C16H21FN2O2/c1-2-18-16(11-5-6-21-9-11)12-7-10-3-4-15(20)19-14(10)8-13(12)17/h7-8,11,16,18H,2-6,9H2,1H3,(H,19,20). The summed E-state index contributed by atoms with van der Waals surface area (Å²) in [4.78, 5) is 11.4. The summed E-state index contributed by atoms with van der Waals surface area (Å²) in [5, 5.41) is 6.13. The summed E-state index contributed by atoms with van der Waals surface area (Å²) in [6.07, 6.45) is 2.09. The molecule has 114 valence electrons. The number of amides is 1. The smallest absolute Gasteiger partial charge is 0.224 e. The predicted molar refractivity (Wildman–Crippen MR) is 78.7 cm³/mol. The molecule has 2 unspecified atom stereocenters. The van der Waals surface area contributed by atoms with Crippen molar-refractivity contribution in [2.24, 2.45) is 5.92 Å². The van der Waals surface area contributed by atoms with Gasteiger partial charge in [0.25, 0.3) is 0 Å². The number of rotatable bonds is 4. The van der Waals surface area contributed by atoms with Gasteiger partial charge in [0.2, 0.25) is 5.91 Å². The minimum Gasteiger partial charge on any atom is -0.381 e. The maximum atomic E-state index is 14.5. The van der Waals surface area contributed by atoms with E-state index in [9.17, 15) is 9.18 Å². The van der Waals surface area contributed by atoms with Gasteiger partial charge in [-0.15, -0.1) is 0 Å². The van der Waals surface area contributed by atoms with Crippen molar-refractivity contribution in [3.8, 4) is 0 Å². The van der Waals surface area contributed by atoms with Gasteiger partial charge in [0.1, 0.15) is 5.82 Å². The number of ether oxygens (including phenoxy) is 1. The molecule has 4 nitrogen and oxygen atoms in total. The lowest BCUT2D eigenvalue weighted by Crippen LogP contribution is -2.30.